The first-order chi connectivity index (χ1) is 13.6. The lowest BCUT2D eigenvalue weighted by molar-refractivity contribution is -0.210. The molecule has 6 nitrogen and oxygen atoms in total. The lowest BCUT2D eigenvalue weighted by Gasteiger charge is -2.35. The van der Waals surface area contributed by atoms with Gasteiger partial charge in [0.2, 0.25) is 5.91 Å². The number of hydrogen-bond acceptors (Lipinski definition) is 3. The second kappa shape index (κ2) is 8.31. The number of halogens is 6. The molecule has 2 saturated heterocycles. The van der Waals surface area contributed by atoms with E-state index in [4.69, 9.17) is 16.3 Å². The Morgan fingerprint density at radius 1 is 1.28 bits per heavy atom. The molecule has 2 fully saturated rings. The molecule has 0 radical (unpaired) electrons. The zero-order valence-electron chi connectivity index (χ0n) is 14.8. The molecule has 2 aliphatic rings. The van der Waals surface area contributed by atoms with Crippen molar-refractivity contribution in [3.05, 3.63) is 34.4 Å². The van der Waals surface area contributed by atoms with Gasteiger partial charge < -0.3 is 20.7 Å². The maximum absolute atomic E-state index is 14.6. The van der Waals surface area contributed by atoms with E-state index in [-0.39, 0.29) is 24.9 Å². The third-order valence-electron chi connectivity index (χ3n) is 4.93. The van der Waals surface area contributed by atoms with Crippen LogP contribution in [0.4, 0.5) is 26.7 Å². The molecule has 160 valence electrons. The molecule has 0 unspecified atom stereocenters. The summed E-state index contributed by atoms with van der Waals surface area (Å²) in [6, 6.07) is -0.825. The second-order valence-corrected chi connectivity index (χ2v) is 7.22. The number of carbonyl (C=O) groups excluding carboxylic acids is 2. The van der Waals surface area contributed by atoms with E-state index in [9.17, 15) is 31.5 Å². The quantitative estimate of drug-likeness (QED) is 0.496. The van der Waals surface area contributed by atoms with Crippen molar-refractivity contribution in [1.29, 1.82) is 0 Å². The van der Waals surface area contributed by atoms with Crippen molar-refractivity contribution in [3.8, 4) is 0 Å². The molecule has 3 amide bonds. The molecule has 29 heavy (non-hydrogen) atoms. The average molecular weight is 442 g/mol. The zero-order chi connectivity index (χ0) is 21.3. The number of hydrogen-bond donors (Lipinski definition) is 3. The summed E-state index contributed by atoms with van der Waals surface area (Å²) >= 11 is 5.61. The van der Waals surface area contributed by atoms with Gasteiger partial charge >= 0.3 is 12.2 Å². The molecule has 2 aliphatic heterocycles. The first-order valence-corrected chi connectivity index (χ1v) is 9.12. The maximum Gasteiger partial charge on any atom is 0.394 e. The van der Waals surface area contributed by atoms with Gasteiger partial charge in [-0.2, -0.15) is 13.2 Å². The van der Waals surface area contributed by atoms with Crippen molar-refractivity contribution in [1.82, 2.24) is 16.0 Å². The number of alkyl halides is 3. The summed E-state index contributed by atoms with van der Waals surface area (Å²) in [6.07, 6.45) is -5.84. The summed E-state index contributed by atoms with van der Waals surface area (Å²) in [6.45, 7) is -0.676. The SMILES string of the molecule is O=C1NC[C@@H](C(=O)N[C@H](c2ccc(F)c(Cl)c2F)[C@@H]2CC[C@H](C(F)(F)F)CO2)N1. The van der Waals surface area contributed by atoms with Crippen molar-refractivity contribution in [3.63, 3.8) is 0 Å². The van der Waals surface area contributed by atoms with E-state index >= 15 is 0 Å². The number of urea groups is 1. The van der Waals surface area contributed by atoms with Crippen molar-refractivity contribution in [2.24, 2.45) is 5.92 Å². The number of rotatable bonds is 4. The molecule has 2 heterocycles. The van der Waals surface area contributed by atoms with E-state index in [1.165, 1.54) is 0 Å². The van der Waals surface area contributed by atoms with Gasteiger partial charge in [0.25, 0.3) is 0 Å². The van der Waals surface area contributed by atoms with Crippen LogP contribution in [0, 0.1) is 17.6 Å². The molecule has 1 aromatic carbocycles. The van der Waals surface area contributed by atoms with Crippen LogP contribution in [0.15, 0.2) is 12.1 Å². The molecule has 0 saturated carbocycles. The second-order valence-electron chi connectivity index (χ2n) is 6.85. The Balaban J connectivity index is 1.83. The van der Waals surface area contributed by atoms with Crippen LogP contribution in [0.1, 0.15) is 24.4 Å². The van der Waals surface area contributed by atoms with Gasteiger partial charge in [-0.05, 0) is 18.9 Å². The van der Waals surface area contributed by atoms with Gasteiger partial charge in [-0.25, -0.2) is 13.6 Å². The van der Waals surface area contributed by atoms with E-state index in [1.807, 2.05) is 0 Å². The van der Waals surface area contributed by atoms with Crippen molar-refractivity contribution in [2.75, 3.05) is 13.2 Å². The highest BCUT2D eigenvalue weighted by Gasteiger charge is 2.44. The standard InChI is InChI=1S/C17H17ClF5N3O3/c18-12-9(19)3-2-8(13(12)20)14(26-15(27)10-5-24-16(28)25-10)11-4-1-7(6-29-11)17(21,22)23/h2-3,7,10-11,14H,1,4-6H2,(H,26,27)(H2,24,25,28)/t7-,10-,11-,14+/m0/s1. The highest BCUT2D eigenvalue weighted by atomic mass is 35.5. The Labute approximate surface area is 167 Å². The summed E-state index contributed by atoms with van der Waals surface area (Å²) in [7, 11) is 0. The van der Waals surface area contributed by atoms with E-state index in [0.717, 1.165) is 12.1 Å². The van der Waals surface area contributed by atoms with Crippen LogP contribution in [-0.4, -0.2) is 43.4 Å². The lowest BCUT2D eigenvalue weighted by atomic mass is 9.90. The Morgan fingerprint density at radius 3 is 2.55 bits per heavy atom. The van der Waals surface area contributed by atoms with Crippen LogP contribution < -0.4 is 16.0 Å². The van der Waals surface area contributed by atoms with Crippen molar-refractivity contribution in [2.45, 2.75) is 37.2 Å². The van der Waals surface area contributed by atoms with Crippen LogP contribution in [0.2, 0.25) is 5.02 Å². The number of carbonyl (C=O) groups is 2. The van der Waals surface area contributed by atoms with Gasteiger partial charge in [0, 0.05) is 12.1 Å². The zero-order valence-corrected chi connectivity index (χ0v) is 15.5. The minimum absolute atomic E-state index is 0.0221. The molecule has 3 N–H and O–H groups in total. The monoisotopic (exact) mass is 441 g/mol. The first kappa shape index (κ1) is 21.6. The number of nitrogens with one attached hydrogen (secondary N) is 3. The largest absolute Gasteiger partial charge is 0.394 e. The Hall–Kier alpha value is -2.14. The fourth-order valence-corrected chi connectivity index (χ4v) is 3.48. The van der Waals surface area contributed by atoms with Crippen LogP contribution in [-0.2, 0) is 9.53 Å². The smallest absolute Gasteiger partial charge is 0.375 e. The topological polar surface area (TPSA) is 79.5 Å². The first-order valence-electron chi connectivity index (χ1n) is 8.74. The number of amides is 3. The Bertz CT molecular complexity index is 799. The minimum Gasteiger partial charge on any atom is -0.375 e. The van der Waals surface area contributed by atoms with E-state index in [0.29, 0.717) is 0 Å². The fourth-order valence-electron chi connectivity index (χ4n) is 3.31. The predicted molar refractivity (Wildman–Crippen MR) is 91.1 cm³/mol. The fraction of sp³-hybridized carbons (Fsp3) is 0.529. The molecule has 0 spiro atoms. The van der Waals surface area contributed by atoms with Gasteiger partial charge in [0.1, 0.15) is 22.7 Å². The molecule has 3 rings (SSSR count). The third-order valence-corrected chi connectivity index (χ3v) is 5.28. The molecule has 0 aromatic heterocycles. The molecule has 4 atom stereocenters. The van der Waals surface area contributed by atoms with E-state index in [1.54, 1.807) is 0 Å². The molecular weight excluding hydrogens is 425 g/mol. The lowest BCUT2D eigenvalue weighted by Crippen LogP contribution is -2.49. The summed E-state index contributed by atoms with van der Waals surface area (Å²) in [5.41, 5.74) is -0.225. The molecule has 0 bridgehead atoms. The van der Waals surface area contributed by atoms with Crippen LogP contribution in [0.3, 0.4) is 0 Å². The Morgan fingerprint density at radius 2 is 2.00 bits per heavy atom. The summed E-state index contributed by atoms with van der Waals surface area (Å²) in [5.74, 6) is -4.54. The molecule has 1 aromatic rings. The van der Waals surface area contributed by atoms with Crippen LogP contribution in [0.25, 0.3) is 0 Å². The highest BCUT2D eigenvalue weighted by Crippen LogP contribution is 2.38. The molecular formula is C17H17ClF5N3O3. The number of ether oxygens (including phenoxy) is 1. The molecule has 0 aliphatic carbocycles. The van der Waals surface area contributed by atoms with Gasteiger partial charge in [-0.15, -0.1) is 0 Å². The van der Waals surface area contributed by atoms with Gasteiger partial charge in [-0.3, -0.25) is 4.79 Å². The van der Waals surface area contributed by atoms with Crippen LogP contribution in [0.5, 0.6) is 0 Å². The van der Waals surface area contributed by atoms with Gasteiger partial charge in [-0.1, -0.05) is 17.7 Å². The normalized spacial score (nSPS) is 25.9. The summed E-state index contributed by atoms with van der Waals surface area (Å²) in [4.78, 5) is 23.7. The van der Waals surface area contributed by atoms with Gasteiger partial charge in [0.05, 0.1) is 24.7 Å². The molecule has 12 heteroatoms. The summed E-state index contributed by atoms with van der Waals surface area (Å²) in [5, 5.41) is 6.41. The average Bonchev–Trinajstić information content (AvgIpc) is 3.11. The Kier molecular flexibility index (Phi) is 6.18. The summed E-state index contributed by atoms with van der Waals surface area (Å²) < 4.78 is 72.1. The van der Waals surface area contributed by atoms with Crippen molar-refractivity contribution >= 4 is 23.5 Å². The van der Waals surface area contributed by atoms with E-state index < -0.39 is 65.5 Å². The highest BCUT2D eigenvalue weighted by molar-refractivity contribution is 6.31. The van der Waals surface area contributed by atoms with E-state index in [2.05, 4.69) is 16.0 Å². The van der Waals surface area contributed by atoms with Crippen LogP contribution >= 0.6 is 11.6 Å². The van der Waals surface area contributed by atoms with Crippen molar-refractivity contribution < 1.29 is 36.3 Å². The minimum atomic E-state index is -4.44. The maximum atomic E-state index is 14.6. The number of benzene rings is 1. The third kappa shape index (κ3) is 4.72. The predicted octanol–water partition coefficient (Wildman–Crippen LogP) is 2.81. The van der Waals surface area contributed by atoms with Gasteiger partial charge in [0.15, 0.2) is 0 Å².